The number of hydrazone groups is 1. The second kappa shape index (κ2) is 8.32. The lowest BCUT2D eigenvalue weighted by atomic mass is 10.0. The van der Waals surface area contributed by atoms with Crippen LogP contribution < -0.4 is 9.73 Å². The van der Waals surface area contributed by atoms with Crippen molar-refractivity contribution >= 4 is 38.6 Å². The number of para-hydroxylation sites is 1. The first-order valence-electron chi connectivity index (χ1n) is 8.87. The SMILES string of the molecule is C[C@H](C(=O)N/N=C/c1c(O)ccc2ccccc12)N(c1ccccc1)S(C)(=O)=O. The fourth-order valence-corrected chi connectivity index (χ4v) is 4.23. The fourth-order valence-electron chi connectivity index (χ4n) is 3.06. The number of fused-ring (bicyclic) bond motifs is 1. The predicted octanol–water partition coefficient (Wildman–Crippen LogP) is 2.85. The van der Waals surface area contributed by atoms with E-state index in [1.807, 2.05) is 24.3 Å². The van der Waals surface area contributed by atoms with Gasteiger partial charge in [0, 0.05) is 5.56 Å². The maximum absolute atomic E-state index is 12.5. The first-order valence-corrected chi connectivity index (χ1v) is 10.7. The number of carbonyl (C=O) groups is 1. The Bertz CT molecular complexity index is 1160. The highest BCUT2D eigenvalue weighted by Gasteiger charge is 2.28. The zero-order valence-corrected chi connectivity index (χ0v) is 16.8. The van der Waals surface area contributed by atoms with E-state index in [1.54, 1.807) is 42.5 Å². The Morgan fingerprint density at radius 3 is 2.41 bits per heavy atom. The number of benzene rings is 3. The number of hydrogen-bond acceptors (Lipinski definition) is 5. The third-order valence-electron chi connectivity index (χ3n) is 4.42. The standard InChI is InChI=1S/C21H21N3O4S/c1-15(24(29(2,27)28)17-9-4-3-5-10-17)21(26)23-22-14-19-18-11-7-6-8-16(18)12-13-20(19)25/h3-15,25H,1-2H3,(H,23,26)/b22-14+/t15-/m1/s1. The van der Waals surface area contributed by atoms with Gasteiger partial charge in [-0.2, -0.15) is 5.10 Å². The molecule has 0 radical (unpaired) electrons. The highest BCUT2D eigenvalue weighted by Crippen LogP contribution is 2.25. The molecule has 2 N–H and O–H groups in total. The Morgan fingerprint density at radius 1 is 1.07 bits per heavy atom. The Labute approximate surface area is 169 Å². The van der Waals surface area contributed by atoms with Crippen molar-refractivity contribution in [2.24, 2.45) is 5.10 Å². The van der Waals surface area contributed by atoms with Gasteiger partial charge in [-0.25, -0.2) is 13.8 Å². The number of phenols is 1. The number of sulfonamides is 1. The maximum atomic E-state index is 12.5. The zero-order valence-electron chi connectivity index (χ0n) is 16.0. The molecule has 0 aliphatic carbocycles. The summed E-state index contributed by atoms with van der Waals surface area (Å²) in [5.74, 6) is -0.577. The van der Waals surface area contributed by atoms with Crippen LogP contribution in [-0.4, -0.2) is 37.9 Å². The minimum Gasteiger partial charge on any atom is -0.507 e. The molecule has 0 heterocycles. The van der Waals surface area contributed by atoms with Crippen molar-refractivity contribution in [3.05, 3.63) is 72.3 Å². The van der Waals surface area contributed by atoms with Gasteiger partial charge in [-0.05, 0) is 35.9 Å². The Morgan fingerprint density at radius 2 is 1.72 bits per heavy atom. The largest absolute Gasteiger partial charge is 0.507 e. The van der Waals surface area contributed by atoms with Crippen LogP contribution in [0.5, 0.6) is 5.75 Å². The van der Waals surface area contributed by atoms with Crippen molar-refractivity contribution < 1.29 is 18.3 Å². The smallest absolute Gasteiger partial charge is 0.263 e. The molecule has 1 amide bonds. The second-order valence-corrected chi connectivity index (χ2v) is 8.38. The van der Waals surface area contributed by atoms with Gasteiger partial charge in [-0.1, -0.05) is 48.5 Å². The summed E-state index contributed by atoms with van der Waals surface area (Å²) in [6.07, 6.45) is 2.39. The molecule has 0 aliphatic heterocycles. The number of nitrogens with one attached hydrogen (secondary N) is 1. The summed E-state index contributed by atoms with van der Waals surface area (Å²) in [5, 5.41) is 15.8. The first-order chi connectivity index (χ1) is 13.8. The van der Waals surface area contributed by atoms with Gasteiger partial charge in [-0.15, -0.1) is 0 Å². The van der Waals surface area contributed by atoms with Crippen molar-refractivity contribution in [3.63, 3.8) is 0 Å². The monoisotopic (exact) mass is 411 g/mol. The van der Waals surface area contributed by atoms with Crippen molar-refractivity contribution in [2.45, 2.75) is 13.0 Å². The molecule has 8 heteroatoms. The van der Waals surface area contributed by atoms with Crippen molar-refractivity contribution in [1.82, 2.24) is 5.43 Å². The molecule has 1 atom stereocenters. The van der Waals surface area contributed by atoms with Gasteiger partial charge in [0.1, 0.15) is 11.8 Å². The predicted molar refractivity (Wildman–Crippen MR) is 115 cm³/mol. The van der Waals surface area contributed by atoms with Crippen molar-refractivity contribution in [3.8, 4) is 5.75 Å². The number of aromatic hydroxyl groups is 1. The van der Waals surface area contributed by atoms with Crippen LogP contribution in [0.25, 0.3) is 10.8 Å². The Balaban J connectivity index is 1.82. The van der Waals surface area contributed by atoms with E-state index >= 15 is 0 Å². The lowest BCUT2D eigenvalue weighted by Gasteiger charge is -2.27. The van der Waals surface area contributed by atoms with Crippen LogP contribution in [0.1, 0.15) is 12.5 Å². The number of anilines is 1. The summed E-state index contributed by atoms with van der Waals surface area (Å²) in [6.45, 7) is 1.48. The van der Waals surface area contributed by atoms with Gasteiger partial charge in [0.05, 0.1) is 18.2 Å². The molecule has 0 aliphatic rings. The molecule has 0 unspecified atom stereocenters. The molecule has 0 saturated carbocycles. The molecule has 150 valence electrons. The third kappa shape index (κ3) is 4.55. The molecule has 0 fully saturated rings. The normalized spacial score (nSPS) is 12.8. The molecule has 0 aromatic heterocycles. The number of phenolic OH excluding ortho intramolecular Hbond substituents is 1. The zero-order chi connectivity index (χ0) is 21.0. The van der Waals surface area contributed by atoms with Crippen LogP contribution in [0.4, 0.5) is 5.69 Å². The average molecular weight is 411 g/mol. The molecule has 0 saturated heterocycles. The van der Waals surface area contributed by atoms with Crippen molar-refractivity contribution in [2.75, 3.05) is 10.6 Å². The molecule has 0 spiro atoms. The highest BCUT2D eigenvalue weighted by atomic mass is 32.2. The summed E-state index contributed by atoms with van der Waals surface area (Å²) in [7, 11) is -3.69. The lowest BCUT2D eigenvalue weighted by molar-refractivity contribution is -0.121. The molecule has 0 bridgehead atoms. The van der Waals surface area contributed by atoms with Crippen LogP contribution in [0.2, 0.25) is 0 Å². The quantitative estimate of drug-likeness (QED) is 0.481. The van der Waals surface area contributed by atoms with E-state index in [0.717, 1.165) is 21.3 Å². The number of carbonyl (C=O) groups excluding carboxylic acids is 1. The molecule has 29 heavy (non-hydrogen) atoms. The molecule has 7 nitrogen and oxygen atoms in total. The highest BCUT2D eigenvalue weighted by molar-refractivity contribution is 7.92. The number of nitrogens with zero attached hydrogens (tertiary/aromatic N) is 2. The van der Waals surface area contributed by atoms with Gasteiger partial charge in [-0.3, -0.25) is 9.10 Å². The summed E-state index contributed by atoms with van der Waals surface area (Å²) in [4.78, 5) is 12.5. The number of hydrogen-bond donors (Lipinski definition) is 2. The van der Waals surface area contributed by atoms with E-state index in [0.29, 0.717) is 11.3 Å². The fraction of sp³-hybridized carbons (Fsp3) is 0.143. The summed E-state index contributed by atoms with van der Waals surface area (Å²) < 4.78 is 25.5. The van der Waals surface area contributed by atoms with Crippen LogP contribution >= 0.6 is 0 Å². The topological polar surface area (TPSA) is 99.1 Å². The van der Waals surface area contributed by atoms with Crippen LogP contribution in [0.3, 0.4) is 0 Å². The van der Waals surface area contributed by atoms with E-state index < -0.39 is 22.0 Å². The van der Waals surface area contributed by atoms with E-state index in [4.69, 9.17) is 0 Å². The molecule has 3 aromatic rings. The van der Waals surface area contributed by atoms with Gasteiger partial charge < -0.3 is 5.11 Å². The Hall–Kier alpha value is -3.39. The van der Waals surface area contributed by atoms with E-state index in [-0.39, 0.29) is 5.75 Å². The molecule has 3 rings (SSSR count). The van der Waals surface area contributed by atoms with Crippen molar-refractivity contribution in [1.29, 1.82) is 0 Å². The van der Waals surface area contributed by atoms with E-state index in [9.17, 15) is 18.3 Å². The van der Waals surface area contributed by atoms with Gasteiger partial charge >= 0.3 is 0 Å². The van der Waals surface area contributed by atoms with Crippen LogP contribution in [0, 0.1) is 0 Å². The van der Waals surface area contributed by atoms with Gasteiger partial charge in [0.15, 0.2) is 0 Å². The third-order valence-corrected chi connectivity index (χ3v) is 5.66. The second-order valence-electron chi connectivity index (χ2n) is 6.52. The average Bonchev–Trinajstić information content (AvgIpc) is 2.69. The van der Waals surface area contributed by atoms with Gasteiger partial charge in [0.2, 0.25) is 10.0 Å². The summed E-state index contributed by atoms with van der Waals surface area (Å²) in [6, 6.07) is 18.1. The van der Waals surface area contributed by atoms with Crippen LogP contribution in [-0.2, 0) is 14.8 Å². The number of rotatable bonds is 6. The molecular weight excluding hydrogens is 390 g/mol. The molecule has 3 aromatic carbocycles. The lowest BCUT2D eigenvalue weighted by Crippen LogP contribution is -2.46. The Kier molecular flexibility index (Phi) is 5.84. The minimum absolute atomic E-state index is 0.0248. The summed E-state index contributed by atoms with van der Waals surface area (Å²) in [5.41, 5.74) is 3.20. The van der Waals surface area contributed by atoms with Crippen LogP contribution in [0.15, 0.2) is 71.8 Å². The first kappa shape index (κ1) is 20.3. The molecular formula is C21H21N3O4S. The maximum Gasteiger partial charge on any atom is 0.263 e. The van der Waals surface area contributed by atoms with Gasteiger partial charge in [0.25, 0.3) is 5.91 Å². The minimum atomic E-state index is -3.69. The summed E-state index contributed by atoms with van der Waals surface area (Å²) >= 11 is 0. The van der Waals surface area contributed by atoms with E-state index in [2.05, 4.69) is 10.5 Å². The number of amides is 1. The van der Waals surface area contributed by atoms with E-state index in [1.165, 1.54) is 13.1 Å².